The number of hydrogen-bond donors (Lipinski definition) is 2. The number of thiophene rings is 1. The van der Waals surface area contributed by atoms with Crippen LogP contribution in [0.2, 0.25) is 0 Å². The summed E-state index contributed by atoms with van der Waals surface area (Å²) in [4.78, 5) is 39.7. The number of nitrogens with zero attached hydrogens (tertiary/aromatic N) is 3. The standard InChI is InChI=1S/C30H30FN5O4S2/c1-3-40-29(39)26-22-10-7-11-23(22)42-28(26)33-27(38)18(2)41-30-35-34-24(36(30)21-14-12-20(31)13-15-21)17-32-25(37)16-19-8-5-4-6-9-19/h4-6,8-9,12-15,18H,3,7,10-11,16-17H2,1-2H3,(H,32,37)(H,33,38)/t18-/m1/s1. The van der Waals surface area contributed by atoms with Crippen molar-refractivity contribution in [3.05, 3.63) is 87.8 Å². The van der Waals surface area contributed by atoms with E-state index in [1.54, 1.807) is 30.5 Å². The maximum absolute atomic E-state index is 13.7. The Labute approximate surface area is 250 Å². The average Bonchev–Trinajstić information content (AvgIpc) is 3.68. The van der Waals surface area contributed by atoms with Crippen molar-refractivity contribution in [1.82, 2.24) is 20.1 Å². The Balaban J connectivity index is 1.33. The highest BCUT2D eigenvalue weighted by Crippen LogP contribution is 2.40. The number of rotatable bonds is 11. The highest BCUT2D eigenvalue weighted by Gasteiger charge is 2.30. The summed E-state index contributed by atoms with van der Waals surface area (Å²) in [5.41, 5.74) is 2.88. The second-order valence-corrected chi connectivity index (χ2v) is 12.1. The molecule has 0 aliphatic heterocycles. The molecule has 218 valence electrons. The molecular weight excluding hydrogens is 577 g/mol. The second kappa shape index (κ2) is 13.3. The van der Waals surface area contributed by atoms with Crippen LogP contribution in [0.3, 0.4) is 0 Å². The number of anilines is 1. The Morgan fingerprint density at radius 2 is 1.86 bits per heavy atom. The molecule has 1 atom stereocenters. The van der Waals surface area contributed by atoms with Crippen LogP contribution in [0.25, 0.3) is 5.69 Å². The molecule has 4 aromatic rings. The van der Waals surface area contributed by atoms with E-state index in [4.69, 9.17) is 4.74 Å². The Morgan fingerprint density at radius 3 is 2.60 bits per heavy atom. The molecule has 1 aliphatic rings. The van der Waals surface area contributed by atoms with Gasteiger partial charge in [-0.2, -0.15) is 0 Å². The van der Waals surface area contributed by atoms with Crippen LogP contribution in [-0.4, -0.2) is 44.4 Å². The lowest BCUT2D eigenvalue weighted by molar-refractivity contribution is -0.120. The first-order valence-corrected chi connectivity index (χ1v) is 15.3. The maximum Gasteiger partial charge on any atom is 0.341 e. The van der Waals surface area contributed by atoms with Crippen molar-refractivity contribution in [2.24, 2.45) is 0 Å². The topological polar surface area (TPSA) is 115 Å². The molecule has 2 heterocycles. The number of nitrogens with one attached hydrogen (secondary N) is 2. The van der Waals surface area contributed by atoms with Crippen molar-refractivity contribution in [2.45, 2.75) is 56.5 Å². The van der Waals surface area contributed by atoms with Crippen LogP contribution in [0.15, 0.2) is 59.8 Å². The van der Waals surface area contributed by atoms with Crippen molar-refractivity contribution in [2.75, 3.05) is 11.9 Å². The van der Waals surface area contributed by atoms with E-state index in [2.05, 4.69) is 20.8 Å². The summed E-state index contributed by atoms with van der Waals surface area (Å²) >= 11 is 2.59. The number of thioether (sulfide) groups is 1. The van der Waals surface area contributed by atoms with E-state index in [1.165, 1.54) is 35.2 Å². The number of esters is 1. The lowest BCUT2D eigenvalue weighted by atomic mass is 10.1. The molecule has 0 bridgehead atoms. The number of carbonyl (C=O) groups is 3. The van der Waals surface area contributed by atoms with Gasteiger partial charge < -0.3 is 15.4 Å². The third-order valence-electron chi connectivity index (χ3n) is 6.73. The van der Waals surface area contributed by atoms with Crippen LogP contribution in [0.5, 0.6) is 0 Å². The molecule has 0 fully saturated rings. The predicted octanol–water partition coefficient (Wildman–Crippen LogP) is 5.11. The van der Waals surface area contributed by atoms with E-state index >= 15 is 0 Å². The number of aromatic nitrogens is 3. The Kier molecular flexibility index (Phi) is 9.33. The minimum Gasteiger partial charge on any atom is -0.462 e. The number of amides is 2. The zero-order chi connectivity index (χ0) is 29.6. The zero-order valence-corrected chi connectivity index (χ0v) is 24.8. The average molecular weight is 608 g/mol. The molecule has 2 amide bonds. The summed E-state index contributed by atoms with van der Waals surface area (Å²) in [6, 6.07) is 15.2. The normalized spacial score (nSPS) is 12.9. The smallest absolute Gasteiger partial charge is 0.341 e. The van der Waals surface area contributed by atoms with Crippen molar-refractivity contribution >= 4 is 45.9 Å². The highest BCUT2D eigenvalue weighted by atomic mass is 32.2. The second-order valence-electron chi connectivity index (χ2n) is 9.68. The first-order valence-electron chi connectivity index (χ1n) is 13.6. The molecule has 2 aromatic carbocycles. The van der Waals surface area contributed by atoms with Crippen molar-refractivity contribution < 1.29 is 23.5 Å². The fourth-order valence-electron chi connectivity index (χ4n) is 4.70. The van der Waals surface area contributed by atoms with Gasteiger partial charge in [0.25, 0.3) is 0 Å². The van der Waals surface area contributed by atoms with E-state index < -0.39 is 17.0 Å². The zero-order valence-electron chi connectivity index (χ0n) is 23.2. The number of aryl methyl sites for hydroxylation is 1. The summed E-state index contributed by atoms with van der Waals surface area (Å²) in [6.45, 7) is 3.82. The van der Waals surface area contributed by atoms with Crippen molar-refractivity contribution in [1.29, 1.82) is 0 Å². The van der Waals surface area contributed by atoms with Gasteiger partial charge in [-0.1, -0.05) is 42.1 Å². The molecule has 9 nitrogen and oxygen atoms in total. The van der Waals surface area contributed by atoms with E-state index in [1.807, 2.05) is 30.3 Å². The first-order chi connectivity index (χ1) is 20.3. The SMILES string of the molecule is CCOC(=O)c1c(NC(=O)[C@@H](C)Sc2nnc(CNC(=O)Cc3ccccc3)n2-c2ccc(F)cc2)sc2c1CCC2. The molecular formula is C30H30FN5O4S2. The van der Waals surface area contributed by atoms with E-state index in [-0.39, 0.29) is 31.4 Å². The highest BCUT2D eigenvalue weighted by molar-refractivity contribution is 8.00. The van der Waals surface area contributed by atoms with Crippen LogP contribution in [0, 0.1) is 5.82 Å². The minimum absolute atomic E-state index is 0.0842. The molecule has 0 radical (unpaired) electrons. The maximum atomic E-state index is 13.7. The van der Waals surface area contributed by atoms with Crippen molar-refractivity contribution in [3.8, 4) is 5.69 Å². The minimum atomic E-state index is -0.624. The summed E-state index contributed by atoms with van der Waals surface area (Å²) in [5.74, 6) is -0.888. The van der Waals surface area contributed by atoms with Crippen molar-refractivity contribution in [3.63, 3.8) is 0 Å². The molecule has 2 aromatic heterocycles. The Morgan fingerprint density at radius 1 is 1.10 bits per heavy atom. The third kappa shape index (κ3) is 6.71. The van der Waals surface area contributed by atoms with Gasteiger partial charge in [0.1, 0.15) is 10.8 Å². The molecule has 0 unspecified atom stereocenters. The fourth-order valence-corrected chi connectivity index (χ4v) is 6.87. The Bertz CT molecular complexity index is 1590. The summed E-state index contributed by atoms with van der Waals surface area (Å²) in [6.07, 6.45) is 2.84. The first kappa shape index (κ1) is 29.5. The number of halogens is 1. The number of fused-ring (bicyclic) bond motifs is 1. The molecule has 0 saturated carbocycles. The van der Waals surface area contributed by atoms with Gasteiger partial charge >= 0.3 is 5.97 Å². The molecule has 0 spiro atoms. The third-order valence-corrected chi connectivity index (χ3v) is 8.98. The number of ether oxygens (including phenoxy) is 1. The molecule has 42 heavy (non-hydrogen) atoms. The van der Waals surface area contributed by atoms with Crippen LogP contribution in [0.1, 0.15) is 52.5 Å². The predicted molar refractivity (Wildman–Crippen MR) is 160 cm³/mol. The van der Waals surface area contributed by atoms with Gasteiger partial charge in [-0.25, -0.2) is 9.18 Å². The van der Waals surface area contributed by atoms with E-state index in [9.17, 15) is 18.8 Å². The quantitative estimate of drug-likeness (QED) is 0.180. The summed E-state index contributed by atoms with van der Waals surface area (Å²) in [5, 5.41) is 14.6. The molecule has 2 N–H and O–H groups in total. The number of benzene rings is 2. The molecule has 1 aliphatic carbocycles. The van der Waals surface area contributed by atoms with Gasteiger partial charge in [-0.05, 0) is 68.5 Å². The van der Waals surface area contributed by atoms with Gasteiger partial charge in [-0.3, -0.25) is 14.2 Å². The monoisotopic (exact) mass is 607 g/mol. The molecule has 5 rings (SSSR count). The lowest BCUT2D eigenvalue weighted by Gasteiger charge is -2.14. The van der Waals surface area contributed by atoms with Gasteiger partial charge in [0, 0.05) is 10.6 Å². The van der Waals surface area contributed by atoms with Crippen LogP contribution in [0.4, 0.5) is 9.39 Å². The summed E-state index contributed by atoms with van der Waals surface area (Å²) < 4.78 is 20.7. The molecule has 12 heteroatoms. The molecule has 0 saturated heterocycles. The number of carbonyl (C=O) groups excluding carboxylic acids is 3. The van der Waals surface area contributed by atoms with Gasteiger partial charge in [0.2, 0.25) is 11.8 Å². The Hall–Kier alpha value is -4.03. The fraction of sp³-hybridized carbons (Fsp3) is 0.300. The van der Waals surface area contributed by atoms with Gasteiger partial charge in [0.05, 0.1) is 30.4 Å². The lowest BCUT2D eigenvalue weighted by Crippen LogP contribution is -2.26. The summed E-state index contributed by atoms with van der Waals surface area (Å²) in [7, 11) is 0. The van der Waals surface area contributed by atoms with E-state index in [0.29, 0.717) is 27.2 Å². The van der Waals surface area contributed by atoms with Crippen LogP contribution >= 0.6 is 23.1 Å². The van der Waals surface area contributed by atoms with Gasteiger partial charge in [-0.15, -0.1) is 21.5 Å². The van der Waals surface area contributed by atoms with Crippen LogP contribution in [-0.2, 0) is 40.1 Å². The number of hydrogen-bond acceptors (Lipinski definition) is 8. The largest absolute Gasteiger partial charge is 0.462 e. The van der Waals surface area contributed by atoms with E-state index in [0.717, 1.165) is 35.3 Å². The van der Waals surface area contributed by atoms with Crippen LogP contribution < -0.4 is 10.6 Å². The van der Waals surface area contributed by atoms with Gasteiger partial charge in [0.15, 0.2) is 11.0 Å².